The van der Waals surface area contributed by atoms with E-state index in [1.807, 2.05) is 12.1 Å². The van der Waals surface area contributed by atoms with Gasteiger partial charge in [0.05, 0.1) is 37.6 Å². The van der Waals surface area contributed by atoms with E-state index < -0.39 is 0 Å². The molecule has 1 N–H and O–H groups in total. The highest BCUT2D eigenvalue weighted by Crippen LogP contribution is 2.40. The Kier molecular flexibility index (Phi) is 4.76. The number of carbonyl (C=O) groups is 2. The maximum Gasteiger partial charge on any atom is 0.415 e. The first-order chi connectivity index (χ1) is 15.0. The van der Waals surface area contributed by atoms with Crippen molar-refractivity contribution in [3.8, 4) is 0 Å². The fraction of sp³-hybridized carbons (Fsp3) is 0.429. The van der Waals surface area contributed by atoms with Crippen molar-refractivity contribution in [2.75, 3.05) is 18.0 Å². The second-order valence-electron chi connectivity index (χ2n) is 7.86. The zero-order valence-corrected chi connectivity index (χ0v) is 17.4. The highest BCUT2D eigenvalue weighted by atomic mass is 16.6. The Labute approximate surface area is 179 Å². The van der Waals surface area contributed by atoms with Crippen molar-refractivity contribution in [3.05, 3.63) is 41.2 Å². The van der Waals surface area contributed by atoms with Gasteiger partial charge in [-0.25, -0.2) is 4.79 Å². The van der Waals surface area contributed by atoms with Crippen molar-refractivity contribution >= 4 is 29.0 Å². The van der Waals surface area contributed by atoms with Crippen molar-refractivity contribution < 1.29 is 14.3 Å². The summed E-state index contributed by atoms with van der Waals surface area (Å²) < 4.78 is 5.51. The van der Waals surface area contributed by atoms with Crippen molar-refractivity contribution in [1.82, 2.24) is 25.5 Å². The summed E-state index contributed by atoms with van der Waals surface area (Å²) in [5, 5.41) is 14.9. The van der Waals surface area contributed by atoms with E-state index >= 15 is 0 Å². The monoisotopic (exact) mass is 421 g/mol. The third-order valence-corrected chi connectivity index (χ3v) is 5.92. The zero-order chi connectivity index (χ0) is 21.5. The number of carbonyl (C=O) groups excluding carboxylic acids is 2. The molecule has 10 nitrogen and oxygen atoms in total. The number of fused-ring (bicyclic) bond motifs is 3. The van der Waals surface area contributed by atoms with Crippen LogP contribution in [0.25, 0.3) is 5.57 Å². The van der Waals surface area contributed by atoms with Crippen molar-refractivity contribution in [2.24, 2.45) is 12.0 Å². The summed E-state index contributed by atoms with van der Waals surface area (Å²) in [6.07, 6.45) is 3.21. The fourth-order valence-electron chi connectivity index (χ4n) is 4.29. The molecule has 1 saturated heterocycles. The summed E-state index contributed by atoms with van der Waals surface area (Å²) >= 11 is 0. The number of cyclic esters (lactones) is 1. The number of aliphatic imine (C=N–C) groups is 1. The Hall–Kier alpha value is -3.56. The van der Waals surface area contributed by atoms with Crippen LogP contribution in [0.3, 0.4) is 0 Å². The van der Waals surface area contributed by atoms with Crippen LogP contribution in [0, 0.1) is 0 Å². The third-order valence-electron chi connectivity index (χ3n) is 5.92. The summed E-state index contributed by atoms with van der Waals surface area (Å²) in [5.41, 5.74) is 5.05. The smallest absolute Gasteiger partial charge is 0.415 e. The molecule has 2 unspecified atom stereocenters. The summed E-state index contributed by atoms with van der Waals surface area (Å²) in [7, 11) is 1.73. The Morgan fingerprint density at radius 2 is 2.23 bits per heavy atom. The summed E-state index contributed by atoms with van der Waals surface area (Å²) in [6, 6.07) is 6.04. The van der Waals surface area contributed by atoms with Gasteiger partial charge in [-0.15, -0.1) is 10.2 Å². The Balaban J connectivity index is 1.31. The maximum atomic E-state index is 12.4. The minimum Gasteiger partial charge on any atom is -0.442 e. The largest absolute Gasteiger partial charge is 0.442 e. The van der Waals surface area contributed by atoms with Crippen LogP contribution in [0.5, 0.6) is 0 Å². The molecule has 0 spiro atoms. The molecule has 1 fully saturated rings. The lowest BCUT2D eigenvalue weighted by molar-refractivity contribution is -0.121. The van der Waals surface area contributed by atoms with Crippen LogP contribution in [0.15, 0.2) is 29.3 Å². The van der Waals surface area contributed by atoms with E-state index in [4.69, 9.17) is 4.74 Å². The molecule has 0 saturated carbocycles. The van der Waals surface area contributed by atoms with Crippen molar-refractivity contribution in [3.63, 3.8) is 0 Å². The molecule has 0 aliphatic carbocycles. The lowest BCUT2D eigenvalue weighted by Crippen LogP contribution is -2.40. The topological polar surface area (TPSA) is 115 Å². The Morgan fingerprint density at radius 1 is 1.35 bits per heavy atom. The summed E-state index contributed by atoms with van der Waals surface area (Å²) in [5.74, 6) is 0.514. The molecule has 5 rings (SSSR count). The molecule has 4 heterocycles. The highest BCUT2D eigenvalue weighted by Gasteiger charge is 2.47. The van der Waals surface area contributed by atoms with Gasteiger partial charge in [-0.05, 0) is 40.5 Å². The molecule has 3 aliphatic rings. The molecule has 2 atom stereocenters. The van der Waals surface area contributed by atoms with Crippen LogP contribution < -0.4 is 10.2 Å². The van der Waals surface area contributed by atoms with E-state index in [1.165, 1.54) is 4.80 Å². The van der Waals surface area contributed by atoms with Gasteiger partial charge in [-0.3, -0.25) is 14.7 Å². The molecule has 2 aromatic rings. The number of ether oxygens (including phenoxy) is 1. The van der Waals surface area contributed by atoms with E-state index in [0.717, 1.165) is 28.1 Å². The average Bonchev–Trinajstić information content (AvgIpc) is 3.46. The molecule has 3 aliphatic heterocycles. The van der Waals surface area contributed by atoms with Crippen LogP contribution in [-0.2, 0) is 23.0 Å². The second-order valence-corrected chi connectivity index (χ2v) is 7.86. The second kappa shape index (κ2) is 7.60. The van der Waals surface area contributed by atoms with Gasteiger partial charge in [0.25, 0.3) is 0 Å². The van der Waals surface area contributed by atoms with E-state index in [0.29, 0.717) is 38.2 Å². The average molecular weight is 421 g/mol. The van der Waals surface area contributed by atoms with Gasteiger partial charge in [-0.1, -0.05) is 19.1 Å². The fourth-order valence-corrected chi connectivity index (χ4v) is 4.29. The number of aryl methyl sites for hydroxylation is 1. The normalized spacial score (nSPS) is 21.9. The number of allylic oxidation sites excluding steroid dienone is 1. The Bertz CT molecular complexity index is 1120. The number of rotatable bonds is 5. The summed E-state index contributed by atoms with van der Waals surface area (Å²) in [6.45, 7) is 2.68. The van der Waals surface area contributed by atoms with Crippen LogP contribution in [-0.4, -0.2) is 63.2 Å². The molecule has 0 bridgehead atoms. The van der Waals surface area contributed by atoms with E-state index in [2.05, 4.69) is 37.9 Å². The van der Waals surface area contributed by atoms with Crippen molar-refractivity contribution in [2.45, 2.75) is 38.3 Å². The first-order valence-electron chi connectivity index (χ1n) is 10.4. The molecule has 0 radical (unpaired) electrons. The number of amides is 2. The number of hydrogen-bond acceptors (Lipinski definition) is 7. The predicted octanol–water partition coefficient (Wildman–Crippen LogP) is 1.26. The molecule has 2 amide bonds. The number of tetrazole rings is 1. The Morgan fingerprint density at radius 3 is 2.94 bits per heavy atom. The van der Waals surface area contributed by atoms with Gasteiger partial charge in [0.1, 0.15) is 6.10 Å². The number of dihydropyridines is 1. The standard InChI is InChI=1S/C21H23N7O3/c1-3-19(29)23-11-18-17-9-14-8-12(5-7-16(14)28(17)21(30)31-18)13-4-6-15(22-10-13)20-24-26-27(2)25-20/h4-5,7-8,17-18H,3,6,9-11H2,1-2H3,(H,23,29). The molecule has 1 aromatic heterocycles. The predicted molar refractivity (Wildman–Crippen MR) is 113 cm³/mol. The van der Waals surface area contributed by atoms with E-state index in [1.54, 1.807) is 18.9 Å². The van der Waals surface area contributed by atoms with Gasteiger partial charge < -0.3 is 10.1 Å². The molecule has 160 valence electrons. The van der Waals surface area contributed by atoms with Crippen LogP contribution in [0.1, 0.15) is 36.7 Å². The molecular weight excluding hydrogens is 398 g/mol. The number of nitrogens with one attached hydrogen (secondary N) is 1. The molecule has 1 aromatic carbocycles. The third kappa shape index (κ3) is 3.47. The summed E-state index contributed by atoms with van der Waals surface area (Å²) in [4.78, 5) is 31.8. The first kappa shape index (κ1) is 19.4. The number of anilines is 1. The highest BCUT2D eigenvalue weighted by molar-refractivity contribution is 6.01. The molecular formula is C21H23N7O3. The number of nitrogens with zero attached hydrogens (tertiary/aromatic N) is 6. The van der Waals surface area contributed by atoms with Gasteiger partial charge in [0.2, 0.25) is 11.7 Å². The maximum absolute atomic E-state index is 12.4. The lowest BCUT2D eigenvalue weighted by atomic mass is 9.97. The zero-order valence-electron chi connectivity index (χ0n) is 17.4. The van der Waals surface area contributed by atoms with E-state index in [9.17, 15) is 9.59 Å². The van der Waals surface area contributed by atoms with Gasteiger partial charge >= 0.3 is 6.09 Å². The van der Waals surface area contributed by atoms with Crippen LogP contribution in [0.4, 0.5) is 10.5 Å². The van der Waals surface area contributed by atoms with Crippen molar-refractivity contribution in [1.29, 1.82) is 0 Å². The first-order valence-corrected chi connectivity index (χ1v) is 10.4. The van der Waals surface area contributed by atoms with Gasteiger partial charge in [-0.2, -0.15) is 4.80 Å². The molecule has 10 heteroatoms. The quantitative estimate of drug-likeness (QED) is 0.777. The number of aromatic nitrogens is 4. The SMILES string of the molecule is CCC(=O)NCC1OC(=O)N2c3ccc(C4=CCC(c5nnn(C)n5)=NC4)cc3CC12. The van der Waals surface area contributed by atoms with Crippen LogP contribution >= 0.6 is 0 Å². The van der Waals surface area contributed by atoms with Gasteiger partial charge in [0, 0.05) is 12.8 Å². The van der Waals surface area contributed by atoms with E-state index in [-0.39, 0.29) is 24.1 Å². The minimum absolute atomic E-state index is 0.0480. The number of hydrogen-bond donors (Lipinski definition) is 1. The molecule has 31 heavy (non-hydrogen) atoms. The minimum atomic E-state index is -0.352. The van der Waals surface area contributed by atoms with Crippen LogP contribution in [0.2, 0.25) is 0 Å². The van der Waals surface area contributed by atoms with Gasteiger partial charge in [0.15, 0.2) is 0 Å². The number of benzene rings is 1. The lowest BCUT2D eigenvalue weighted by Gasteiger charge is -2.17.